The molecule has 1 aromatic heterocycles. The van der Waals surface area contributed by atoms with Gasteiger partial charge in [0.15, 0.2) is 0 Å². The molecule has 0 radical (unpaired) electrons. The van der Waals surface area contributed by atoms with Gasteiger partial charge in [-0.15, -0.1) is 0 Å². The van der Waals surface area contributed by atoms with Crippen LogP contribution in [0, 0.1) is 5.92 Å². The van der Waals surface area contributed by atoms with Crippen molar-refractivity contribution in [2.45, 2.75) is 50.7 Å². The molecule has 2 atom stereocenters. The highest BCUT2D eigenvalue weighted by atomic mass is 16.5. The van der Waals surface area contributed by atoms with Gasteiger partial charge in [0.25, 0.3) is 0 Å². The molecule has 1 saturated carbocycles. The Morgan fingerprint density at radius 1 is 1.31 bits per heavy atom. The Kier molecular flexibility index (Phi) is 3.83. The van der Waals surface area contributed by atoms with Crippen LogP contribution >= 0.6 is 0 Å². The molecule has 0 amide bonds. The number of hydrogen-bond acceptors (Lipinski definition) is 4. The lowest BCUT2D eigenvalue weighted by Gasteiger charge is -2.44. The maximum Gasteiger partial charge on any atom is 0.418 e. The van der Waals surface area contributed by atoms with Crippen LogP contribution < -0.4 is 0 Å². The first kappa shape index (κ1) is 16.3. The Bertz CT molecular complexity index is 868. The average molecular weight is 354 g/mol. The van der Waals surface area contributed by atoms with Crippen molar-refractivity contribution in [3.63, 3.8) is 0 Å². The molecule has 0 spiro atoms. The number of aliphatic hydroxyl groups excluding tert-OH is 1. The van der Waals surface area contributed by atoms with E-state index in [4.69, 9.17) is 4.74 Å². The van der Waals surface area contributed by atoms with Crippen LogP contribution in [-0.2, 0) is 17.8 Å². The van der Waals surface area contributed by atoms with Crippen molar-refractivity contribution in [3.8, 4) is 0 Å². The molecule has 1 aromatic carbocycles. The number of methoxy groups -OCH3 is 1. The second-order valence-electron chi connectivity index (χ2n) is 8.09. The number of nitrogens with zero attached hydrogens (tertiary/aromatic N) is 2. The molecule has 2 aliphatic carbocycles. The largest absolute Gasteiger partial charge is 0.452 e. The first-order valence-corrected chi connectivity index (χ1v) is 9.81. The molecule has 1 saturated heterocycles. The van der Waals surface area contributed by atoms with Crippen LogP contribution in [-0.4, -0.2) is 46.9 Å². The van der Waals surface area contributed by atoms with Crippen molar-refractivity contribution in [1.82, 2.24) is 9.47 Å². The summed E-state index contributed by atoms with van der Waals surface area (Å²) in [5.74, 6) is 1.40. The fourth-order valence-electron chi connectivity index (χ4n) is 5.32. The summed E-state index contributed by atoms with van der Waals surface area (Å²) >= 11 is 0. The van der Waals surface area contributed by atoms with E-state index in [-0.39, 0.29) is 6.61 Å². The number of rotatable bonds is 3. The van der Waals surface area contributed by atoms with E-state index in [0.717, 1.165) is 23.4 Å². The molecule has 26 heavy (non-hydrogen) atoms. The van der Waals surface area contributed by atoms with Crippen LogP contribution in [0.3, 0.4) is 0 Å². The summed E-state index contributed by atoms with van der Waals surface area (Å²) in [6.45, 7) is 2.24. The molecule has 5 rings (SSSR count). The number of aliphatic hydroxyl groups is 1. The minimum absolute atomic E-state index is 0.140. The van der Waals surface area contributed by atoms with E-state index in [2.05, 4.69) is 11.0 Å². The van der Waals surface area contributed by atoms with Gasteiger partial charge in [-0.3, -0.25) is 4.90 Å². The van der Waals surface area contributed by atoms with Gasteiger partial charge >= 0.3 is 6.09 Å². The van der Waals surface area contributed by atoms with Crippen LogP contribution in [0.1, 0.15) is 48.4 Å². The van der Waals surface area contributed by atoms with Crippen molar-refractivity contribution < 1.29 is 14.6 Å². The Morgan fingerprint density at radius 2 is 2.15 bits per heavy atom. The van der Waals surface area contributed by atoms with Crippen molar-refractivity contribution in [1.29, 1.82) is 0 Å². The highest BCUT2D eigenvalue weighted by Gasteiger charge is 2.41. The lowest BCUT2D eigenvalue weighted by molar-refractivity contribution is 0.117. The number of benzene rings is 1. The van der Waals surface area contributed by atoms with Crippen molar-refractivity contribution in [3.05, 3.63) is 35.0 Å². The quantitative estimate of drug-likeness (QED) is 0.919. The van der Waals surface area contributed by atoms with Gasteiger partial charge in [0.05, 0.1) is 24.9 Å². The van der Waals surface area contributed by atoms with Gasteiger partial charge in [-0.25, -0.2) is 9.36 Å². The van der Waals surface area contributed by atoms with E-state index in [1.807, 2.05) is 12.1 Å². The predicted molar refractivity (Wildman–Crippen MR) is 99.4 cm³/mol. The number of carbonyl (C=O) groups is 1. The molecule has 2 heterocycles. The Morgan fingerprint density at radius 3 is 2.88 bits per heavy atom. The first-order valence-electron chi connectivity index (χ1n) is 9.81. The molecule has 0 unspecified atom stereocenters. The Balaban J connectivity index is 1.67. The minimum Gasteiger partial charge on any atom is -0.452 e. The molecule has 1 N–H and O–H groups in total. The summed E-state index contributed by atoms with van der Waals surface area (Å²) in [6, 6.07) is 6.74. The van der Waals surface area contributed by atoms with Crippen LogP contribution in [0.5, 0.6) is 0 Å². The summed E-state index contributed by atoms with van der Waals surface area (Å²) in [5, 5.41) is 11.2. The maximum absolute atomic E-state index is 12.4. The average Bonchev–Trinajstić information content (AvgIpc) is 3.43. The number of likely N-dealkylation sites (tertiary alicyclic amines) is 1. The third-order valence-electron chi connectivity index (χ3n) is 6.64. The number of ether oxygens (including phenoxy) is 1. The van der Waals surface area contributed by atoms with Crippen LogP contribution in [0.15, 0.2) is 18.2 Å². The van der Waals surface area contributed by atoms with Crippen molar-refractivity contribution in [2.75, 3.05) is 20.2 Å². The number of aromatic nitrogens is 1. The minimum atomic E-state index is -0.415. The fraction of sp³-hybridized carbons (Fsp3) is 0.571. The smallest absolute Gasteiger partial charge is 0.418 e. The van der Waals surface area contributed by atoms with Crippen molar-refractivity contribution in [2.24, 2.45) is 5.92 Å². The van der Waals surface area contributed by atoms with E-state index in [0.29, 0.717) is 17.7 Å². The van der Waals surface area contributed by atoms with Crippen LogP contribution in [0.2, 0.25) is 0 Å². The molecule has 2 aromatic rings. The SMILES string of the molecule is COC(=O)n1c(CO)c2c3c(cccc31)[C@H]1CCCN(CC3CC3)[C@@H]1C2. The molecule has 1 aliphatic heterocycles. The summed E-state index contributed by atoms with van der Waals surface area (Å²) in [7, 11) is 1.40. The number of carbonyl (C=O) groups excluding carboxylic acids is 1. The second kappa shape index (κ2) is 6.10. The molecule has 2 fully saturated rings. The highest BCUT2D eigenvalue weighted by molar-refractivity contribution is 5.96. The van der Waals surface area contributed by atoms with Crippen LogP contribution in [0.25, 0.3) is 10.9 Å². The van der Waals surface area contributed by atoms with Crippen LogP contribution in [0.4, 0.5) is 4.79 Å². The predicted octanol–water partition coefficient (Wildman–Crippen LogP) is 3.26. The lowest BCUT2D eigenvalue weighted by Crippen LogP contribution is -2.47. The van der Waals surface area contributed by atoms with E-state index < -0.39 is 6.09 Å². The molecular weight excluding hydrogens is 328 g/mol. The molecular formula is C21H26N2O3. The summed E-state index contributed by atoms with van der Waals surface area (Å²) < 4.78 is 6.59. The first-order chi connectivity index (χ1) is 12.7. The van der Waals surface area contributed by atoms with Gasteiger partial charge in [0, 0.05) is 23.9 Å². The Hall–Kier alpha value is -1.85. The zero-order valence-corrected chi connectivity index (χ0v) is 15.3. The summed E-state index contributed by atoms with van der Waals surface area (Å²) in [4.78, 5) is 15.1. The molecule has 5 heteroatoms. The fourth-order valence-corrected chi connectivity index (χ4v) is 5.32. The number of fused-ring (bicyclic) bond motifs is 2. The zero-order chi connectivity index (χ0) is 17.8. The van der Waals surface area contributed by atoms with Gasteiger partial charge in [-0.2, -0.15) is 0 Å². The van der Waals surface area contributed by atoms with Gasteiger partial charge in [-0.1, -0.05) is 12.1 Å². The third-order valence-corrected chi connectivity index (χ3v) is 6.64. The van der Waals surface area contributed by atoms with E-state index in [1.165, 1.54) is 56.8 Å². The van der Waals surface area contributed by atoms with Gasteiger partial charge in [0.2, 0.25) is 0 Å². The monoisotopic (exact) mass is 354 g/mol. The second-order valence-corrected chi connectivity index (χ2v) is 8.09. The normalized spacial score (nSPS) is 25.3. The van der Waals surface area contributed by atoms with Crippen molar-refractivity contribution >= 4 is 17.0 Å². The molecule has 5 nitrogen and oxygen atoms in total. The standard InChI is InChI=1S/C21H26N2O3/c1-26-21(25)23-17-6-2-4-15-14-5-3-9-22(11-13-7-8-13)18(14)10-16(20(15)17)19(23)12-24/h2,4,6,13-14,18,24H,3,5,7-12H2,1H3/t14-,18-/m1/s1. The maximum atomic E-state index is 12.4. The van der Waals surface area contributed by atoms with Gasteiger partial charge in [-0.05, 0) is 61.8 Å². The lowest BCUT2D eigenvalue weighted by atomic mass is 9.74. The topological polar surface area (TPSA) is 54.7 Å². The van der Waals surface area contributed by atoms with Gasteiger partial charge < -0.3 is 9.84 Å². The van der Waals surface area contributed by atoms with Gasteiger partial charge in [0.1, 0.15) is 0 Å². The summed E-state index contributed by atoms with van der Waals surface area (Å²) in [5.41, 5.74) is 4.08. The number of hydrogen-bond donors (Lipinski definition) is 1. The Labute approximate surface area is 153 Å². The number of piperidine rings is 1. The third kappa shape index (κ3) is 2.33. The zero-order valence-electron chi connectivity index (χ0n) is 15.3. The van der Waals surface area contributed by atoms with E-state index >= 15 is 0 Å². The molecule has 0 bridgehead atoms. The highest BCUT2D eigenvalue weighted by Crippen LogP contribution is 2.46. The summed E-state index contributed by atoms with van der Waals surface area (Å²) in [6.07, 6.45) is 5.70. The molecule has 3 aliphatic rings. The van der Waals surface area contributed by atoms with E-state index in [9.17, 15) is 9.90 Å². The van der Waals surface area contributed by atoms with E-state index in [1.54, 1.807) is 4.57 Å². The molecule has 138 valence electrons.